The van der Waals surface area contributed by atoms with E-state index in [4.69, 9.17) is 4.74 Å². The summed E-state index contributed by atoms with van der Waals surface area (Å²) in [4.78, 5) is 4.17. The van der Waals surface area contributed by atoms with E-state index < -0.39 is 12.8 Å². The van der Waals surface area contributed by atoms with Gasteiger partial charge in [-0.05, 0) is 29.8 Å². The van der Waals surface area contributed by atoms with Crippen LogP contribution >= 0.6 is 0 Å². The highest BCUT2D eigenvalue weighted by Gasteiger charge is 2.28. The minimum Gasteiger partial charge on any atom is -0.484 e. The summed E-state index contributed by atoms with van der Waals surface area (Å²) in [7, 11) is 1.66. The molecule has 1 aromatic heterocycles. The number of para-hydroxylation sites is 1. The Morgan fingerprint density at radius 3 is 2.30 bits per heavy atom. The van der Waals surface area contributed by atoms with Gasteiger partial charge in [0, 0.05) is 31.9 Å². The van der Waals surface area contributed by atoms with Gasteiger partial charge >= 0.3 is 6.18 Å². The number of alkyl halides is 3. The van der Waals surface area contributed by atoms with Crippen LogP contribution in [0.15, 0.2) is 72.0 Å². The molecule has 9 heteroatoms. The third-order valence-electron chi connectivity index (χ3n) is 4.13. The van der Waals surface area contributed by atoms with Crippen molar-refractivity contribution in [1.82, 2.24) is 20.4 Å². The second-order valence-corrected chi connectivity index (χ2v) is 6.46. The highest BCUT2D eigenvalue weighted by molar-refractivity contribution is 5.79. The summed E-state index contributed by atoms with van der Waals surface area (Å²) < 4.78 is 43.1. The van der Waals surface area contributed by atoms with E-state index in [0.29, 0.717) is 19.0 Å². The molecule has 0 saturated heterocycles. The molecule has 0 aliphatic carbocycles. The molecule has 0 unspecified atom stereocenters. The summed E-state index contributed by atoms with van der Waals surface area (Å²) in [6, 6.07) is 16.2. The Balaban J connectivity index is 1.47. The molecule has 158 valence electrons. The first-order chi connectivity index (χ1) is 14.4. The Bertz CT molecular complexity index is 953. The van der Waals surface area contributed by atoms with Crippen molar-refractivity contribution in [2.24, 2.45) is 4.99 Å². The van der Waals surface area contributed by atoms with Crippen LogP contribution in [0.4, 0.5) is 13.2 Å². The second kappa shape index (κ2) is 9.82. The van der Waals surface area contributed by atoms with Gasteiger partial charge in [-0.2, -0.15) is 18.3 Å². The number of ether oxygens (including phenoxy) is 1. The number of nitrogens with zero attached hydrogens (tertiary/aromatic N) is 3. The third-order valence-corrected chi connectivity index (χ3v) is 4.13. The lowest BCUT2D eigenvalue weighted by atomic mass is 10.2. The molecule has 0 aliphatic rings. The third kappa shape index (κ3) is 6.54. The van der Waals surface area contributed by atoms with Gasteiger partial charge in [-0.1, -0.05) is 30.3 Å². The van der Waals surface area contributed by atoms with Crippen molar-refractivity contribution in [3.05, 3.63) is 78.1 Å². The van der Waals surface area contributed by atoms with Crippen molar-refractivity contribution >= 4 is 5.96 Å². The molecule has 3 rings (SSSR count). The lowest BCUT2D eigenvalue weighted by molar-refractivity contribution is -0.153. The van der Waals surface area contributed by atoms with E-state index in [-0.39, 0.29) is 5.75 Å². The standard InChI is InChI=1S/C21H22F3N5O/c1-25-20(26-11-16-7-9-19(10-8-16)30-15-21(22,23)24)27-12-17-13-28-29(14-17)18-5-3-2-4-6-18/h2-10,13-14H,11-12,15H2,1H3,(H2,25,26,27). The zero-order chi connectivity index (χ0) is 21.4. The number of benzene rings is 2. The summed E-state index contributed by atoms with van der Waals surface area (Å²) in [6.45, 7) is -0.304. The monoisotopic (exact) mass is 417 g/mol. The molecule has 2 N–H and O–H groups in total. The fourth-order valence-electron chi connectivity index (χ4n) is 2.63. The summed E-state index contributed by atoms with van der Waals surface area (Å²) >= 11 is 0. The average Bonchev–Trinajstić information content (AvgIpc) is 3.22. The van der Waals surface area contributed by atoms with E-state index >= 15 is 0 Å². The molecule has 0 atom stereocenters. The number of hydrogen-bond acceptors (Lipinski definition) is 3. The number of rotatable bonds is 7. The Labute approximate surface area is 172 Å². The minimum absolute atomic E-state index is 0.175. The smallest absolute Gasteiger partial charge is 0.422 e. The number of guanidine groups is 1. The SMILES string of the molecule is CN=C(NCc1ccc(OCC(F)(F)F)cc1)NCc1cnn(-c2ccccc2)c1. The van der Waals surface area contributed by atoms with Crippen LogP contribution in [0.3, 0.4) is 0 Å². The zero-order valence-electron chi connectivity index (χ0n) is 16.4. The molecule has 30 heavy (non-hydrogen) atoms. The Morgan fingerprint density at radius 1 is 1.00 bits per heavy atom. The van der Waals surface area contributed by atoms with E-state index in [2.05, 4.69) is 20.7 Å². The molecule has 0 aliphatic heterocycles. The molecular weight excluding hydrogens is 395 g/mol. The molecule has 0 fully saturated rings. The van der Waals surface area contributed by atoms with Crippen LogP contribution in [0.1, 0.15) is 11.1 Å². The van der Waals surface area contributed by atoms with Gasteiger partial charge in [0.1, 0.15) is 5.75 Å². The van der Waals surface area contributed by atoms with Gasteiger partial charge in [0.05, 0.1) is 11.9 Å². The van der Waals surface area contributed by atoms with Gasteiger partial charge in [0.2, 0.25) is 0 Å². The Kier molecular flexibility index (Phi) is 6.95. The first kappa shape index (κ1) is 21.2. The molecule has 0 spiro atoms. The van der Waals surface area contributed by atoms with E-state index in [1.165, 1.54) is 12.1 Å². The summed E-state index contributed by atoms with van der Waals surface area (Å²) in [5.74, 6) is 0.772. The van der Waals surface area contributed by atoms with Gasteiger partial charge in [0.25, 0.3) is 0 Å². The topological polar surface area (TPSA) is 63.5 Å². The number of nitrogens with one attached hydrogen (secondary N) is 2. The highest BCUT2D eigenvalue weighted by atomic mass is 19.4. The van der Waals surface area contributed by atoms with Gasteiger partial charge in [0.15, 0.2) is 12.6 Å². The quantitative estimate of drug-likeness (QED) is 0.455. The van der Waals surface area contributed by atoms with Crippen molar-refractivity contribution in [3.63, 3.8) is 0 Å². The second-order valence-electron chi connectivity index (χ2n) is 6.46. The average molecular weight is 417 g/mol. The van der Waals surface area contributed by atoms with E-state index in [1.807, 2.05) is 36.5 Å². The van der Waals surface area contributed by atoms with Gasteiger partial charge in [-0.25, -0.2) is 4.68 Å². The molecule has 2 aromatic carbocycles. The zero-order valence-corrected chi connectivity index (χ0v) is 16.4. The van der Waals surface area contributed by atoms with E-state index in [0.717, 1.165) is 16.8 Å². The molecular formula is C21H22F3N5O. The van der Waals surface area contributed by atoms with Crippen LogP contribution in [0.5, 0.6) is 5.75 Å². The molecule has 0 amide bonds. The number of hydrogen-bond donors (Lipinski definition) is 2. The van der Waals surface area contributed by atoms with Crippen molar-refractivity contribution in [2.75, 3.05) is 13.7 Å². The van der Waals surface area contributed by atoms with Crippen molar-refractivity contribution in [1.29, 1.82) is 0 Å². The maximum Gasteiger partial charge on any atom is 0.422 e. The van der Waals surface area contributed by atoms with Gasteiger partial charge < -0.3 is 15.4 Å². The van der Waals surface area contributed by atoms with Crippen LogP contribution in [0, 0.1) is 0 Å². The van der Waals surface area contributed by atoms with Gasteiger partial charge in [-0.15, -0.1) is 0 Å². The number of halogens is 3. The Hall–Kier alpha value is -3.49. The normalized spacial score (nSPS) is 11.9. The number of aliphatic imine (C=N–C) groups is 1. The summed E-state index contributed by atoms with van der Waals surface area (Å²) in [5, 5.41) is 10.7. The van der Waals surface area contributed by atoms with Crippen LogP contribution in [-0.2, 0) is 13.1 Å². The molecule has 1 heterocycles. The summed E-state index contributed by atoms with van der Waals surface area (Å²) in [6.07, 6.45) is -0.627. The first-order valence-corrected chi connectivity index (χ1v) is 9.25. The molecule has 0 radical (unpaired) electrons. The van der Waals surface area contributed by atoms with Crippen LogP contribution < -0.4 is 15.4 Å². The van der Waals surface area contributed by atoms with Crippen molar-refractivity contribution in [3.8, 4) is 11.4 Å². The lowest BCUT2D eigenvalue weighted by Crippen LogP contribution is -2.36. The van der Waals surface area contributed by atoms with Crippen LogP contribution in [0.25, 0.3) is 5.69 Å². The first-order valence-electron chi connectivity index (χ1n) is 9.25. The highest BCUT2D eigenvalue weighted by Crippen LogP contribution is 2.18. The summed E-state index contributed by atoms with van der Waals surface area (Å²) in [5.41, 5.74) is 2.86. The fraction of sp³-hybridized carbons (Fsp3) is 0.238. The predicted molar refractivity (Wildman–Crippen MR) is 109 cm³/mol. The van der Waals surface area contributed by atoms with Crippen LogP contribution in [0.2, 0.25) is 0 Å². The number of aromatic nitrogens is 2. The lowest BCUT2D eigenvalue weighted by Gasteiger charge is -2.12. The molecule has 0 bridgehead atoms. The maximum absolute atomic E-state index is 12.2. The van der Waals surface area contributed by atoms with Crippen molar-refractivity contribution < 1.29 is 17.9 Å². The molecule has 3 aromatic rings. The molecule has 0 saturated carbocycles. The predicted octanol–water partition coefficient (Wildman–Crippen LogP) is 3.68. The molecule has 6 nitrogen and oxygen atoms in total. The van der Waals surface area contributed by atoms with E-state index in [1.54, 1.807) is 30.1 Å². The largest absolute Gasteiger partial charge is 0.484 e. The minimum atomic E-state index is -4.35. The fourth-order valence-corrected chi connectivity index (χ4v) is 2.63. The van der Waals surface area contributed by atoms with Gasteiger partial charge in [-0.3, -0.25) is 4.99 Å². The Morgan fingerprint density at radius 2 is 1.67 bits per heavy atom. The van der Waals surface area contributed by atoms with E-state index in [9.17, 15) is 13.2 Å². The van der Waals surface area contributed by atoms with Crippen LogP contribution in [-0.4, -0.2) is 35.6 Å². The maximum atomic E-state index is 12.2. The van der Waals surface area contributed by atoms with Crippen molar-refractivity contribution in [2.45, 2.75) is 19.3 Å².